The molecule has 0 radical (unpaired) electrons. The number of anilines is 2. The lowest BCUT2D eigenvalue weighted by Crippen LogP contribution is -2.26. The number of hydrogen-bond acceptors (Lipinski definition) is 8. The molecule has 0 heterocycles. The van der Waals surface area contributed by atoms with Crippen LogP contribution in [0, 0.1) is 0 Å². The fourth-order valence-corrected chi connectivity index (χ4v) is 3.95. The minimum absolute atomic E-state index is 0.352. The van der Waals surface area contributed by atoms with Gasteiger partial charge in [-0.2, -0.15) is 0 Å². The lowest BCUT2D eigenvalue weighted by molar-refractivity contribution is -0.151. The van der Waals surface area contributed by atoms with Crippen molar-refractivity contribution >= 4 is 23.3 Å². The fraction of sp³-hybridized carbons (Fsp3) is 0.375. The normalized spacial score (nSPS) is 11.4. The molecule has 1 atom stereocenters. The van der Waals surface area contributed by atoms with Crippen LogP contribution in [0.4, 0.5) is 11.4 Å². The minimum atomic E-state index is -0.656. The first-order chi connectivity index (χ1) is 19.4. The number of ether oxygens (including phenoxy) is 4. The Balaban J connectivity index is 1.31. The molecule has 214 valence electrons. The van der Waals surface area contributed by atoms with Gasteiger partial charge in [-0.3, -0.25) is 0 Å². The summed E-state index contributed by atoms with van der Waals surface area (Å²) < 4.78 is 22.1. The summed E-state index contributed by atoms with van der Waals surface area (Å²) in [5.41, 5.74) is 14.8. The highest BCUT2D eigenvalue weighted by atomic mass is 16.6. The summed E-state index contributed by atoms with van der Waals surface area (Å²) in [5.74, 6) is 0.669. The van der Waals surface area contributed by atoms with Crippen molar-refractivity contribution in [2.45, 2.75) is 58.5 Å². The van der Waals surface area contributed by atoms with Crippen molar-refractivity contribution in [3.05, 3.63) is 72.3 Å². The van der Waals surface area contributed by atoms with Crippen molar-refractivity contribution in [3.63, 3.8) is 0 Å². The maximum atomic E-state index is 12.1. The van der Waals surface area contributed by atoms with E-state index in [0.29, 0.717) is 42.5 Å². The number of nitrogen functional groups attached to an aromatic ring is 2. The van der Waals surface area contributed by atoms with E-state index < -0.39 is 12.1 Å². The predicted molar refractivity (Wildman–Crippen MR) is 157 cm³/mol. The number of esters is 2. The first kappa shape index (κ1) is 30.3. The number of hydrogen-bond donors (Lipinski definition) is 2. The molecule has 8 nitrogen and oxygen atoms in total. The molecule has 0 aliphatic heterocycles. The minimum Gasteiger partial charge on any atom is -0.494 e. The van der Waals surface area contributed by atoms with Crippen molar-refractivity contribution in [1.29, 1.82) is 0 Å². The topological polar surface area (TPSA) is 123 Å². The average molecular weight is 549 g/mol. The number of carbonyl (C=O) groups is 2. The van der Waals surface area contributed by atoms with Gasteiger partial charge in [0.15, 0.2) is 6.10 Å². The summed E-state index contributed by atoms with van der Waals surface area (Å²) >= 11 is 0. The van der Waals surface area contributed by atoms with Crippen molar-refractivity contribution < 1.29 is 28.5 Å². The Kier molecular flexibility index (Phi) is 12.2. The largest absolute Gasteiger partial charge is 0.494 e. The van der Waals surface area contributed by atoms with Crippen LogP contribution in [-0.2, 0) is 14.3 Å². The van der Waals surface area contributed by atoms with E-state index >= 15 is 0 Å². The van der Waals surface area contributed by atoms with E-state index in [2.05, 4.69) is 0 Å². The van der Waals surface area contributed by atoms with Gasteiger partial charge in [-0.25, -0.2) is 9.59 Å². The molecule has 0 bridgehead atoms. The van der Waals surface area contributed by atoms with E-state index in [-0.39, 0.29) is 5.97 Å². The van der Waals surface area contributed by atoms with Gasteiger partial charge < -0.3 is 30.4 Å². The van der Waals surface area contributed by atoms with Crippen LogP contribution in [0.25, 0.3) is 11.1 Å². The summed E-state index contributed by atoms with van der Waals surface area (Å²) in [5, 5.41) is 0. The van der Waals surface area contributed by atoms with Gasteiger partial charge in [-0.15, -0.1) is 0 Å². The summed E-state index contributed by atoms with van der Waals surface area (Å²) in [4.78, 5) is 24.1. The lowest BCUT2D eigenvalue weighted by Gasteiger charge is -2.14. The highest BCUT2D eigenvalue weighted by Crippen LogP contribution is 2.25. The van der Waals surface area contributed by atoms with Gasteiger partial charge >= 0.3 is 11.9 Å². The molecule has 3 aromatic carbocycles. The van der Waals surface area contributed by atoms with Gasteiger partial charge in [0.05, 0.1) is 25.4 Å². The van der Waals surface area contributed by atoms with Gasteiger partial charge in [0.2, 0.25) is 0 Å². The molecule has 0 saturated carbocycles. The maximum absolute atomic E-state index is 12.1. The van der Waals surface area contributed by atoms with Crippen LogP contribution in [-0.4, -0.2) is 37.9 Å². The SMILES string of the molecule is CCCCOC(=O)[C@@H](C)Oc1ccc(-c2ccc(OCCCCCCOC(=O)c3cc(N)cc(N)c3)cc2)cc1. The Bertz CT molecular complexity index is 1190. The van der Waals surface area contributed by atoms with E-state index in [1.807, 2.05) is 55.5 Å². The number of benzene rings is 3. The van der Waals surface area contributed by atoms with E-state index in [1.54, 1.807) is 25.1 Å². The van der Waals surface area contributed by atoms with Crippen LogP contribution < -0.4 is 20.9 Å². The molecule has 0 saturated heterocycles. The third kappa shape index (κ3) is 10.2. The number of nitrogens with two attached hydrogens (primary N) is 2. The zero-order valence-electron chi connectivity index (χ0n) is 23.4. The molecular weight excluding hydrogens is 508 g/mol. The molecule has 0 fully saturated rings. The monoisotopic (exact) mass is 548 g/mol. The van der Waals surface area contributed by atoms with Crippen molar-refractivity contribution in [2.24, 2.45) is 0 Å². The molecular formula is C32H40N2O6. The third-order valence-corrected chi connectivity index (χ3v) is 6.18. The molecule has 40 heavy (non-hydrogen) atoms. The van der Waals surface area contributed by atoms with Gasteiger partial charge in [0.25, 0.3) is 0 Å². The summed E-state index contributed by atoms with van der Waals surface area (Å²) in [7, 11) is 0. The van der Waals surface area contributed by atoms with Crippen molar-refractivity contribution in [1.82, 2.24) is 0 Å². The Morgan fingerprint density at radius 3 is 1.85 bits per heavy atom. The quantitative estimate of drug-likeness (QED) is 0.119. The Morgan fingerprint density at radius 1 is 0.700 bits per heavy atom. The highest BCUT2D eigenvalue weighted by Gasteiger charge is 2.16. The zero-order valence-corrected chi connectivity index (χ0v) is 23.4. The van der Waals surface area contributed by atoms with Crippen LogP contribution in [0.2, 0.25) is 0 Å². The second kappa shape index (κ2) is 16.0. The molecule has 4 N–H and O–H groups in total. The van der Waals surface area contributed by atoms with Crippen molar-refractivity contribution in [2.75, 3.05) is 31.3 Å². The lowest BCUT2D eigenvalue weighted by atomic mass is 10.1. The molecule has 0 aliphatic rings. The fourth-order valence-electron chi connectivity index (χ4n) is 3.95. The Labute approximate surface area is 236 Å². The molecule has 0 spiro atoms. The standard InChI is InChI=1S/C32H40N2O6/c1-3-4-17-38-31(35)23(2)40-30-15-11-25(12-16-30)24-9-13-29(14-10-24)37-18-7-5-6-8-19-39-32(36)26-20-27(33)22-28(34)21-26/h9-16,20-23H,3-8,17-19,33-34H2,1-2H3/t23-/m1/s1. The molecule has 8 heteroatoms. The van der Waals surface area contributed by atoms with Crippen LogP contribution in [0.3, 0.4) is 0 Å². The van der Waals surface area contributed by atoms with Crippen LogP contribution in [0.1, 0.15) is 62.7 Å². The molecule has 0 amide bonds. The van der Waals surface area contributed by atoms with E-state index in [4.69, 9.17) is 30.4 Å². The molecule has 3 aromatic rings. The summed E-state index contributed by atoms with van der Waals surface area (Å²) in [6.07, 6.45) is 4.77. The highest BCUT2D eigenvalue weighted by molar-refractivity contribution is 5.91. The number of rotatable bonds is 16. The van der Waals surface area contributed by atoms with Gasteiger partial charge in [0, 0.05) is 11.4 Å². The van der Waals surface area contributed by atoms with Crippen molar-refractivity contribution in [3.8, 4) is 22.6 Å². The number of carbonyl (C=O) groups excluding carboxylic acids is 2. The van der Waals surface area contributed by atoms with E-state index in [9.17, 15) is 9.59 Å². The first-order valence-corrected chi connectivity index (χ1v) is 13.9. The zero-order chi connectivity index (χ0) is 28.7. The number of unbranched alkanes of at least 4 members (excludes halogenated alkanes) is 4. The Hall–Kier alpha value is -4.20. The first-order valence-electron chi connectivity index (χ1n) is 13.9. The average Bonchev–Trinajstić information content (AvgIpc) is 2.94. The second-order valence-corrected chi connectivity index (χ2v) is 9.62. The van der Waals surface area contributed by atoms with Crippen LogP contribution >= 0.6 is 0 Å². The van der Waals surface area contributed by atoms with Gasteiger partial charge in [0.1, 0.15) is 11.5 Å². The third-order valence-electron chi connectivity index (χ3n) is 6.18. The Morgan fingerprint density at radius 2 is 1.25 bits per heavy atom. The molecule has 3 rings (SSSR count). The van der Waals surface area contributed by atoms with E-state index in [1.165, 1.54) is 0 Å². The smallest absolute Gasteiger partial charge is 0.347 e. The second-order valence-electron chi connectivity index (χ2n) is 9.62. The molecule has 0 aliphatic carbocycles. The summed E-state index contributed by atoms with van der Waals surface area (Å²) in [6.45, 7) is 5.13. The van der Waals surface area contributed by atoms with Gasteiger partial charge in [-0.1, -0.05) is 37.6 Å². The maximum Gasteiger partial charge on any atom is 0.347 e. The molecule has 0 aromatic heterocycles. The van der Waals surface area contributed by atoms with Gasteiger partial charge in [-0.05, 0) is 92.6 Å². The molecule has 0 unspecified atom stereocenters. The van der Waals surface area contributed by atoms with E-state index in [0.717, 1.165) is 55.4 Å². The van der Waals surface area contributed by atoms with Crippen LogP contribution in [0.5, 0.6) is 11.5 Å². The summed E-state index contributed by atoms with van der Waals surface area (Å²) in [6, 6.07) is 20.3. The predicted octanol–water partition coefficient (Wildman–Crippen LogP) is 6.42. The van der Waals surface area contributed by atoms with Crippen LogP contribution in [0.15, 0.2) is 66.7 Å².